The SMILES string of the molecule is CCCN1CCN(CC(=O)Nc2nc(-c3ccc(C)c(C)c3)cs2)CC1. The minimum Gasteiger partial charge on any atom is -0.301 e. The van der Waals surface area contributed by atoms with Crippen molar-refractivity contribution in [2.24, 2.45) is 0 Å². The highest BCUT2D eigenvalue weighted by atomic mass is 32.1. The van der Waals surface area contributed by atoms with E-state index in [9.17, 15) is 4.79 Å². The Balaban J connectivity index is 1.52. The van der Waals surface area contributed by atoms with Gasteiger partial charge in [0.15, 0.2) is 5.13 Å². The largest absolute Gasteiger partial charge is 0.301 e. The second-order valence-corrected chi connectivity index (χ2v) is 7.86. The molecule has 2 heterocycles. The summed E-state index contributed by atoms with van der Waals surface area (Å²) in [5.74, 6) is 0.0231. The van der Waals surface area contributed by atoms with Crippen LogP contribution in [0.5, 0.6) is 0 Å². The van der Waals surface area contributed by atoms with Crippen molar-refractivity contribution in [2.45, 2.75) is 27.2 Å². The highest BCUT2D eigenvalue weighted by Crippen LogP contribution is 2.26. The molecule has 0 saturated carbocycles. The van der Waals surface area contributed by atoms with E-state index in [1.54, 1.807) is 0 Å². The number of carbonyl (C=O) groups is 1. The van der Waals surface area contributed by atoms with E-state index in [2.05, 4.69) is 59.1 Å². The van der Waals surface area contributed by atoms with Crippen molar-refractivity contribution in [3.8, 4) is 11.3 Å². The van der Waals surface area contributed by atoms with Crippen LogP contribution in [0.25, 0.3) is 11.3 Å². The molecule has 3 rings (SSSR count). The Labute approximate surface area is 160 Å². The number of anilines is 1. The molecule has 1 amide bonds. The van der Waals surface area contributed by atoms with E-state index in [4.69, 9.17) is 0 Å². The van der Waals surface area contributed by atoms with Crippen LogP contribution < -0.4 is 5.32 Å². The molecule has 1 N–H and O–H groups in total. The van der Waals surface area contributed by atoms with Crippen LogP contribution in [-0.4, -0.2) is 60.0 Å². The summed E-state index contributed by atoms with van der Waals surface area (Å²) in [7, 11) is 0. The fourth-order valence-corrected chi connectivity index (χ4v) is 3.95. The molecule has 5 nitrogen and oxygen atoms in total. The molecule has 1 aromatic carbocycles. The standard InChI is InChI=1S/C20H28N4OS/c1-4-7-23-8-10-24(11-9-23)13-19(25)22-20-21-18(14-26-20)17-6-5-15(2)16(3)12-17/h5-6,12,14H,4,7-11,13H2,1-3H3,(H,21,22,25). The van der Waals surface area contributed by atoms with Crippen molar-refractivity contribution in [1.82, 2.24) is 14.8 Å². The number of hydrogen-bond donors (Lipinski definition) is 1. The van der Waals surface area contributed by atoms with Crippen molar-refractivity contribution in [3.63, 3.8) is 0 Å². The van der Waals surface area contributed by atoms with Crippen molar-refractivity contribution in [1.29, 1.82) is 0 Å². The highest BCUT2D eigenvalue weighted by Gasteiger charge is 2.18. The van der Waals surface area contributed by atoms with Gasteiger partial charge in [0.25, 0.3) is 0 Å². The smallest absolute Gasteiger partial charge is 0.240 e. The molecule has 0 spiro atoms. The fourth-order valence-electron chi connectivity index (χ4n) is 3.21. The third-order valence-corrected chi connectivity index (χ3v) is 5.68. The molecule has 1 aromatic heterocycles. The van der Waals surface area contributed by atoms with Gasteiger partial charge in [0.2, 0.25) is 5.91 Å². The van der Waals surface area contributed by atoms with Crippen LogP contribution in [0.2, 0.25) is 0 Å². The number of nitrogens with one attached hydrogen (secondary N) is 1. The minimum absolute atomic E-state index is 0.0231. The summed E-state index contributed by atoms with van der Waals surface area (Å²) in [6.07, 6.45) is 1.19. The van der Waals surface area contributed by atoms with Crippen molar-refractivity contribution < 1.29 is 4.79 Å². The Morgan fingerprint density at radius 3 is 2.58 bits per heavy atom. The lowest BCUT2D eigenvalue weighted by Crippen LogP contribution is -2.48. The number of thiazole rings is 1. The number of hydrogen-bond acceptors (Lipinski definition) is 5. The zero-order valence-electron chi connectivity index (χ0n) is 15.9. The Morgan fingerprint density at radius 1 is 1.15 bits per heavy atom. The van der Waals surface area contributed by atoms with Crippen molar-refractivity contribution >= 4 is 22.4 Å². The third-order valence-electron chi connectivity index (χ3n) is 4.93. The Bertz CT molecular complexity index is 750. The number of amides is 1. The Hall–Kier alpha value is -1.76. The van der Waals surface area contributed by atoms with Crippen LogP contribution in [0.1, 0.15) is 24.5 Å². The first kappa shape index (κ1) is 19.0. The summed E-state index contributed by atoms with van der Waals surface area (Å²) in [5.41, 5.74) is 4.54. The summed E-state index contributed by atoms with van der Waals surface area (Å²) in [6, 6.07) is 6.34. The van der Waals surface area contributed by atoms with E-state index in [0.29, 0.717) is 11.7 Å². The topological polar surface area (TPSA) is 48.5 Å². The first-order valence-electron chi connectivity index (χ1n) is 9.33. The summed E-state index contributed by atoms with van der Waals surface area (Å²) >= 11 is 1.48. The number of carbonyl (C=O) groups excluding carboxylic acids is 1. The van der Waals surface area contributed by atoms with Crippen LogP contribution in [0.3, 0.4) is 0 Å². The second kappa shape index (κ2) is 8.75. The van der Waals surface area contributed by atoms with Gasteiger partial charge in [-0.2, -0.15) is 0 Å². The number of piperazine rings is 1. The van der Waals surface area contributed by atoms with Gasteiger partial charge in [-0.1, -0.05) is 19.1 Å². The zero-order valence-corrected chi connectivity index (χ0v) is 16.7. The Morgan fingerprint density at radius 2 is 1.88 bits per heavy atom. The molecule has 0 bridgehead atoms. The van der Waals surface area contributed by atoms with E-state index in [-0.39, 0.29) is 5.91 Å². The number of benzene rings is 1. The summed E-state index contributed by atoms with van der Waals surface area (Å²) in [6.45, 7) is 12.0. The minimum atomic E-state index is 0.0231. The molecule has 1 fully saturated rings. The number of aromatic nitrogens is 1. The van der Waals surface area contributed by atoms with Gasteiger partial charge in [-0.05, 0) is 44.0 Å². The average molecular weight is 373 g/mol. The van der Waals surface area contributed by atoms with Gasteiger partial charge in [0, 0.05) is 37.1 Å². The quantitative estimate of drug-likeness (QED) is 0.844. The molecule has 140 valence electrons. The molecular formula is C20H28N4OS. The molecule has 0 aliphatic carbocycles. The van der Waals surface area contributed by atoms with Crippen LogP contribution >= 0.6 is 11.3 Å². The maximum absolute atomic E-state index is 12.3. The lowest BCUT2D eigenvalue weighted by molar-refractivity contribution is -0.117. The first-order valence-corrected chi connectivity index (χ1v) is 10.2. The van der Waals surface area contributed by atoms with Gasteiger partial charge >= 0.3 is 0 Å². The predicted molar refractivity (Wildman–Crippen MR) is 109 cm³/mol. The summed E-state index contributed by atoms with van der Waals surface area (Å²) < 4.78 is 0. The van der Waals surface area contributed by atoms with Crippen LogP contribution in [0, 0.1) is 13.8 Å². The van der Waals surface area contributed by atoms with Gasteiger partial charge in [-0.3, -0.25) is 9.69 Å². The normalized spacial score (nSPS) is 16.0. The second-order valence-electron chi connectivity index (χ2n) is 7.00. The van der Waals surface area contributed by atoms with E-state index in [1.807, 2.05) is 5.38 Å². The number of rotatable bonds is 6. The predicted octanol–water partition coefficient (Wildman–Crippen LogP) is 3.39. The highest BCUT2D eigenvalue weighted by molar-refractivity contribution is 7.14. The van der Waals surface area contributed by atoms with Crippen LogP contribution in [0.4, 0.5) is 5.13 Å². The molecule has 2 aromatic rings. The first-order chi connectivity index (χ1) is 12.5. The van der Waals surface area contributed by atoms with Crippen LogP contribution in [0.15, 0.2) is 23.6 Å². The van der Waals surface area contributed by atoms with E-state index < -0.39 is 0 Å². The molecule has 6 heteroatoms. The lowest BCUT2D eigenvalue weighted by Gasteiger charge is -2.33. The maximum Gasteiger partial charge on any atom is 0.240 e. The number of aryl methyl sites for hydroxylation is 2. The zero-order chi connectivity index (χ0) is 18.5. The molecular weight excluding hydrogens is 344 g/mol. The van der Waals surface area contributed by atoms with Gasteiger partial charge in [-0.25, -0.2) is 4.98 Å². The monoisotopic (exact) mass is 372 g/mol. The molecule has 0 unspecified atom stereocenters. The lowest BCUT2D eigenvalue weighted by atomic mass is 10.1. The van der Waals surface area contributed by atoms with E-state index >= 15 is 0 Å². The molecule has 26 heavy (non-hydrogen) atoms. The molecule has 1 aliphatic heterocycles. The van der Waals surface area contributed by atoms with Gasteiger partial charge in [-0.15, -0.1) is 11.3 Å². The molecule has 0 radical (unpaired) electrons. The van der Waals surface area contributed by atoms with Gasteiger partial charge in [0.05, 0.1) is 12.2 Å². The fraction of sp³-hybridized carbons (Fsp3) is 0.500. The average Bonchev–Trinajstić information content (AvgIpc) is 3.07. The van der Waals surface area contributed by atoms with E-state index in [0.717, 1.165) is 44.0 Å². The summed E-state index contributed by atoms with van der Waals surface area (Å²) in [5, 5.41) is 5.63. The maximum atomic E-state index is 12.3. The molecule has 0 atom stereocenters. The van der Waals surface area contributed by atoms with Gasteiger partial charge < -0.3 is 10.2 Å². The van der Waals surface area contributed by atoms with Crippen LogP contribution in [-0.2, 0) is 4.79 Å². The summed E-state index contributed by atoms with van der Waals surface area (Å²) in [4.78, 5) is 21.6. The molecule has 1 aliphatic rings. The van der Waals surface area contributed by atoms with Crippen molar-refractivity contribution in [2.75, 3.05) is 44.6 Å². The van der Waals surface area contributed by atoms with Gasteiger partial charge in [0.1, 0.15) is 0 Å². The third kappa shape index (κ3) is 4.90. The van der Waals surface area contributed by atoms with Crippen molar-refractivity contribution in [3.05, 3.63) is 34.7 Å². The van der Waals surface area contributed by atoms with E-state index in [1.165, 1.54) is 28.9 Å². The number of nitrogens with zero attached hydrogens (tertiary/aromatic N) is 3. The Kier molecular flexibility index (Phi) is 6.40. The molecule has 1 saturated heterocycles.